The van der Waals surface area contributed by atoms with Gasteiger partial charge >= 0.3 is 6.03 Å². The average molecular weight is 440 g/mol. The summed E-state index contributed by atoms with van der Waals surface area (Å²) in [4.78, 5) is 31.0. The zero-order valence-corrected chi connectivity index (χ0v) is 19.5. The Bertz CT molecular complexity index is 953. The van der Waals surface area contributed by atoms with Crippen LogP contribution in [0, 0.1) is 6.92 Å². The van der Waals surface area contributed by atoms with Crippen LogP contribution in [0.4, 0.5) is 16.2 Å². The number of carbonyl (C=O) groups is 2. The van der Waals surface area contributed by atoms with Crippen molar-refractivity contribution in [3.63, 3.8) is 0 Å². The van der Waals surface area contributed by atoms with Gasteiger partial charge in [0.1, 0.15) is 6.23 Å². The molecule has 0 spiro atoms. The lowest BCUT2D eigenvalue weighted by atomic mass is 9.97. The van der Waals surface area contributed by atoms with E-state index in [1.165, 1.54) is 0 Å². The molecule has 1 aromatic heterocycles. The van der Waals surface area contributed by atoms with E-state index in [2.05, 4.69) is 31.9 Å². The minimum Gasteiger partial charge on any atom is -0.359 e. The Morgan fingerprint density at radius 2 is 1.97 bits per heavy atom. The molecule has 3 N–H and O–H groups in total. The van der Waals surface area contributed by atoms with Crippen molar-refractivity contribution >= 4 is 23.3 Å². The molecule has 2 aromatic rings. The highest BCUT2D eigenvalue weighted by Crippen LogP contribution is 2.29. The second-order valence-electron chi connectivity index (χ2n) is 8.99. The van der Waals surface area contributed by atoms with Gasteiger partial charge in [0.15, 0.2) is 0 Å². The van der Waals surface area contributed by atoms with Crippen molar-refractivity contribution in [2.24, 2.45) is 0 Å². The fraction of sp³-hybridized carbons (Fsp3) is 0.458. The maximum absolute atomic E-state index is 12.5. The number of nitrogens with one attached hydrogen (secondary N) is 3. The summed E-state index contributed by atoms with van der Waals surface area (Å²) in [5, 5.41) is 8.47. The van der Waals surface area contributed by atoms with Crippen molar-refractivity contribution in [1.29, 1.82) is 0 Å². The molecule has 8 nitrogen and oxygen atoms in total. The van der Waals surface area contributed by atoms with E-state index in [4.69, 9.17) is 4.74 Å². The van der Waals surface area contributed by atoms with Gasteiger partial charge in [-0.25, -0.2) is 4.79 Å². The van der Waals surface area contributed by atoms with E-state index in [0.29, 0.717) is 12.2 Å². The quantitative estimate of drug-likeness (QED) is 0.638. The highest BCUT2D eigenvalue weighted by atomic mass is 16.5. The van der Waals surface area contributed by atoms with E-state index in [0.717, 1.165) is 35.5 Å². The lowest BCUT2D eigenvalue weighted by molar-refractivity contribution is -0.152. The smallest absolute Gasteiger partial charge is 0.323 e. The van der Waals surface area contributed by atoms with E-state index in [1.807, 2.05) is 52.0 Å². The minimum absolute atomic E-state index is 0.0530. The predicted octanol–water partition coefficient (Wildman–Crippen LogP) is 3.67. The summed E-state index contributed by atoms with van der Waals surface area (Å²) in [5.41, 5.74) is 4.18. The molecular formula is C24H33N5O3. The van der Waals surface area contributed by atoms with Crippen LogP contribution in [-0.4, -0.2) is 47.2 Å². The van der Waals surface area contributed by atoms with Crippen LogP contribution >= 0.6 is 0 Å². The van der Waals surface area contributed by atoms with Crippen molar-refractivity contribution in [3.8, 4) is 0 Å². The molecule has 1 unspecified atom stereocenters. The van der Waals surface area contributed by atoms with Gasteiger partial charge < -0.3 is 20.7 Å². The number of hydrogen-bond acceptors (Lipinski definition) is 5. The number of hydrogen-bond donors (Lipinski definition) is 3. The number of fused-ring (bicyclic) bond motifs is 1. The molecule has 3 amide bonds. The Morgan fingerprint density at radius 3 is 2.62 bits per heavy atom. The SMILES string of the molecule is CNC(=O)CC(OC(C)(C)C)N1CCc2c(cccc2NC(=O)Nc2ccc(C)nc2)C1. The molecule has 3 rings (SSSR count). The van der Waals surface area contributed by atoms with Gasteiger partial charge in [-0.1, -0.05) is 12.1 Å². The maximum atomic E-state index is 12.5. The number of rotatable bonds is 6. The molecule has 172 valence electrons. The number of benzene rings is 1. The summed E-state index contributed by atoms with van der Waals surface area (Å²) in [7, 11) is 1.64. The monoisotopic (exact) mass is 439 g/mol. The molecule has 0 fully saturated rings. The first-order valence-corrected chi connectivity index (χ1v) is 10.9. The molecule has 8 heteroatoms. The zero-order chi connectivity index (χ0) is 23.3. The van der Waals surface area contributed by atoms with Crippen LogP contribution in [0.5, 0.6) is 0 Å². The molecule has 0 bridgehead atoms. The number of carbonyl (C=O) groups excluding carboxylic acids is 2. The van der Waals surface area contributed by atoms with Gasteiger partial charge in [0.25, 0.3) is 0 Å². The standard InChI is InChI=1S/C24H33N5O3/c1-16-9-10-18(14-26-16)27-23(31)28-20-8-6-7-17-15-29(12-11-19(17)20)22(13-21(30)25-5)32-24(2,3)4/h6-10,14,22H,11-13,15H2,1-5H3,(H,25,30)(H2,27,28,31). The van der Waals surface area contributed by atoms with Crippen LogP contribution in [0.1, 0.15) is 44.0 Å². The van der Waals surface area contributed by atoms with Crippen LogP contribution in [0.15, 0.2) is 36.5 Å². The molecular weight excluding hydrogens is 406 g/mol. The number of pyridine rings is 1. The first-order chi connectivity index (χ1) is 15.1. The normalized spacial score (nSPS) is 14.9. The van der Waals surface area contributed by atoms with Crippen LogP contribution in [0.2, 0.25) is 0 Å². The molecule has 0 saturated carbocycles. The van der Waals surface area contributed by atoms with E-state index >= 15 is 0 Å². The maximum Gasteiger partial charge on any atom is 0.323 e. The number of urea groups is 1. The predicted molar refractivity (Wildman–Crippen MR) is 125 cm³/mol. The van der Waals surface area contributed by atoms with Gasteiger partial charge in [-0.3, -0.25) is 14.7 Å². The third-order valence-electron chi connectivity index (χ3n) is 5.25. The summed E-state index contributed by atoms with van der Waals surface area (Å²) in [5.74, 6) is -0.0530. The second-order valence-corrected chi connectivity index (χ2v) is 8.99. The fourth-order valence-corrected chi connectivity index (χ4v) is 3.73. The lowest BCUT2D eigenvalue weighted by Crippen LogP contribution is -2.46. The highest BCUT2D eigenvalue weighted by molar-refractivity contribution is 6.00. The molecule has 2 heterocycles. The highest BCUT2D eigenvalue weighted by Gasteiger charge is 2.30. The average Bonchev–Trinajstić information content (AvgIpc) is 2.73. The fourth-order valence-electron chi connectivity index (χ4n) is 3.73. The second kappa shape index (κ2) is 10.1. The number of anilines is 2. The molecule has 1 atom stereocenters. The van der Waals surface area contributed by atoms with E-state index in [1.54, 1.807) is 13.2 Å². The Labute approximate surface area is 189 Å². The number of ether oxygens (including phenoxy) is 1. The number of amides is 3. The Morgan fingerprint density at radius 1 is 1.19 bits per heavy atom. The van der Waals surface area contributed by atoms with Crippen molar-refractivity contribution in [2.75, 3.05) is 24.2 Å². The van der Waals surface area contributed by atoms with Crippen molar-refractivity contribution < 1.29 is 14.3 Å². The van der Waals surface area contributed by atoms with Gasteiger partial charge in [0.2, 0.25) is 5.91 Å². The lowest BCUT2D eigenvalue weighted by Gasteiger charge is -2.38. The van der Waals surface area contributed by atoms with Gasteiger partial charge in [0.05, 0.1) is 23.9 Å². The summed E-state index contributed by atoms with van der Waals surface area (Å²) in [6.07, 6.45) is 2.33. The number of aromatic nitrogens is 1. The first kappa shape index (κ1) is 23.7. The minimum atomic E-state index is -0.370. The molecule has 1 aromatic carbocycles. The topological polar surface area (TPSA) is 95.6 Å². The molecule has 1 aliphatic heterocycles. The summed E-state index contributed by atoms with van der Waals surface area (Å²) in [6, 6.07) is 9.27. The van der Waals surface area contributed by atoms with Crippen molar-refractivity contribution in [2.45, 2.75) is 58.9 Å². The number of aryl methyl sites for hydroxylation is 1. The van der Waals surface area contributed by atoms with Crippen LogP contribution < -0.4 is 16.0 Å². The van der Waals surface area contributed by atoms with Gasteiger partial charge in [-0.15, -0.1) is 0 Å². The molecule has 0 saturated heterocycles. The Kier molecular flexibility index (Phi) is 7.48. The third kappa shape index (κ3) is 6.51. The Hall–Kier alpha value is -2.97. The molecule has 0 aliphatic carbocycles. The number of nitrogens with zero attached hydrogens (tertiary/aromatic N) is 2. The van der Waals surface area contributed by atoms with Crippen molar-refractivity contribution in [1.82, 2.24) is 15.2 Å². The van der Waals surface area contributed by atoms with E-state index in [9.17, 15) is 9.59 Å². The van der Waals surface area contributed by atoms with Crippen LogP contribution in [0.25, 0.3) is 0 Å². The van der Waals surface area contributed by atoms with Crippen molar-refractivity contribution in [3.05, 3.63) is 53.3 Å². The molecule has 1 aliphatic rings. The zero-order valence-electron chi connectivity index (χ0n) is 19.5. The van der Waals surface area contributed by atoms with Gasteiger partial charge in [-0.05, 0) is 63.4 Å². The van der Waals surface area contributed by atoms with Crippen LogP contribution in [0.3, 0.4) is 0 Å². The third-order valence-corrected chi connectivity index (χ3v) is 5.25. The summed E-state index contributed by atoms with van der Waals surface area (Å²) < 4.78 is 6.21. The van der Waals surface area contributed by atoms with Gasteiger partial charge in [0, 0.05) is 31.5 Å². The first-order valence-electron chi connectivity index (χ1n) is 10.9. The van der Waals surface area contributed by atoms with E-state index in [-0.39, 0.29) is 30.2 Å². The largest absolute Gasteiger partial charge is 0.359 e. The van der Waals surface area contributed by atoms with Crippen LogP contribution in [-0.2, 0) is 22.5 Å². The van der Waals surface area contributed by atoms with Gasteiger partial charge in [-0.2, -0.15) is 0 Å². The van der Waals surface area contributed by atoms with E-state index < -0.39 is 0 Å². The molecule has 32 heavy (non-hydrogen) atoms. The Balaban J connectivity index is 1.71. The summed E-state index contributed by atoms with van der Waals surface area (Å²) >= 11 is 0. The summed E-state index contributed by atoms with van der Waals surface area (Å²) in [6.45, 7) is 9.25. The molecule has 0 radical (unpaired) electrons.